The maximum atomic E-state index is 12.0. The quantitative estimate of drug-likeness (QED) is 0.734. The maximum Gasteiger partial charge on any atom is 0.323 e. The zero-order chi connectivity index (χ0) is 13.3. The Hall–Kier alpha value is -0.610. The van der Waals surface area contributed by atoms with Crippen molar-refractivity contribution in [2.24, 2.45) is 11.3 Å². The van der Waals surface area contributed by atoms with Crippen LogP contribution in [0.2, 0.25) is 0 Å². The van der Waals surface area contributed by atoms with Crippen LogP contribution in [0.4, 0.5) is 0 Å². The Balaban J connectivity index is 1.87. The first-order valence-corrected chi connectivity index (χ1v) is 6.98. The van der Waals surface area contributed by atoms with Crippen molar-refractivity contribution < 1.29 is 14.6 Å². The molecule has 4 atom stereocenters. The van der Waals surface area contributed by atoms with Crippen LogP contribution in [0.3, 0.4) is 0 Å². The van der Waals surface area contributed by atoms with Crippen molar-refractivity contribution in [1.82, 2.24) is 5.32 Å². The average Bonchev–Trinajstić information content (AvgIpc) is 2.61. The van der Waals surface area contributed by atoms with Crippen LogP contribution in [0.15, 0.2) is 0 Å². The molecule has 0 bridgehead atoms. The average molecular weight is 255 g/mol. The van der Waals surface area contributed by atoms with E-state index in [-0.39, 0.29) is 23.5 Å². The van der Waals surface area contributed by atoms with E-state index in [0.717, 1.165) is 12.8 Å². The molecule has 0 amide bonds. The number of hydrogen-bond acceptors (Lipinski definition) is 4. The first-order chi connectivity index (χ1) is 8.35. The van der Waals surface area contributed by atoms with Crippen LogP contribution in [0.1, 0.15) is 46.5 Å². The number of β-amino-alcohol motifs (C(OH)–C–C–N with tert-alkyl or cyclic N) is 1. The molecule has 0 aromatic carbocycles. The number of carbonyl (C=O) groups excluding carboxylic acids is 1. The molecule has 2 N–H and O–H groups in total. The van der Waals surface area contributed by atoms with Crippen molar-refractivity contribution in [2.45, 2.75) is 64.7 Å². The largest absolute Gasteiger partial charge is 0.461 e. The molecule has 1 saturated heterocycles. The molecular weight excluding hydrogens is 230 g/mol. The molecule has 0 aromatic heterocycles. The van der Waals surface area contributed by atoms with E-state index in [1.807, 2.05) is 0 Å². The Morgan fingerprint density at radius 3 is 2.61 bits per heavy atom. The summed E-state index contributed by atoms with van der Waals surface area (Å²) in [7, 11) is 0. The number of aliphatic hydroxyl groups excluding tert-OH is 1. The maximum absolute atomic E-state index is 12.0. The topological polar surface area (TPSA) is 58.6 Å². The fourth-order valence-corrected chi connectivity index (χ4v) is 3.49. The van der Waals surface area contributed by atoms with Gasteiger partial charge in [0.05, 0.1) is 6.10 Å². The van der Waals surface area contributed by atoms with Gasteiger partial charge in [0.15, 0.2) is 0 Å². The van der Waals surface area contributed by atoms with Crippen molar-refractivity contribution >= 4 is 5.97 Å². The van der Waals surface area contributed by atoms with E-state index in [1.54, 1.807) is 0 Å². The Bertz CT molecular complexity index is 316. The van der Waals surface area contributed by atoms with E-state index in [0.29, 0.717) is 18.9 Å². The minimum absolute atomic E-state index is 0.0378. The number of hydrogen-bond donors (Lipinski definition) is 2. The summed E-state index contributed by atoms with van der Waals surface area (Å²) in [6, 6.07) is -0.319. The van der Waals surface area contributed by atoms with Crippen LogP contribution >= 0.6 is 0 Å². The lowest BCUT2D eigenvalue weighted by Gasteiger charge is -2.38. The molecule has 0 aromatic rings. The van der Waals surface area contributed by atoms with Crippen LogP contribution < -0.4 is 5.32 Å². The highest BCUT2D eigenvalue weighted by atomic mass is 16.5. The molecular formula is C14H25NO3. The predicted octanol–water partition coefficient (Wildman–Crippen LogP) is 1.47. The zero-order valence-electron chi connectivity index (χ0n) is 11.6. The van der Waals surface area contributed by atoms with Gasteiger partial charge in [-0.25, -0.2) is 0 Å². The van der Waals surface area contributed by atoms with Gasteiger partial charge in [-0.3, -0.25) is 4.79 Å². The third-order valence-electron chi connectivity index (χ3n) is 4.02. The summed E-state index contributed by atoms with van der Waals surface area (Å²) in [4.78, 5) is 12.0. The molecule has 1 aliphatic carbocycles. The molecule has 2 aliphatic rings. The lowest BCUT2D eigenvalue weighted by Crippen LogP contribution is -2.39. The van der Waals surface area contributed by atoms with Crippen LogP contribution in [0.25, 0.3) is 0 Å². The zero-order valence-corrected chi connectivity index (χ0v) is 11.6. The highest BCUT2D eigenvalue weighted by Crippen LogP contribution is 2.39. The van der Waals surface area contributed by atoms with Crippen LogP contribution in [-0.2, 0) is 9.53 Å². The van der Waals surface area contributed by atoms with Crippen molar-refractivity contribution in [2.75, 3.05) is 6.54 Å². The fraction of sp³-hybridized carbons (Fsp3) is 0.929. The molecule has 1 heterocycles. The summed E-state index contributed by atoms with van der Waals surface area (Å²) < 4.78 is 5.62. The third kappa shape index (κ3) is 3.45. The van der Waals surface area contributed by atoms with E-state index >= 15 is 0 Å². The summed E-state index contributed by atoms with van der Waals surface area (Å²) in [6.07, 6.45) is 3.20. The number of carbonyl (C=O) groups is 1. The minimum Gasteiger partial charge on any atom is -0.461 e. The van der Waals surface area contributed by atoms with Crippen molar-refractivity contribution in [3.63, 3.8) is 0 Å². The molecule has 1 aliphatic heterocycles. The molecule has 4 heteroatoms. The summed E-state index contributed by atoms with van der Waals surface area (Å²) in [6.45, 7) is 7.19. The fourth-order valence-electron chi connectivity index (χ4n) is 3.49. The standard InChI is InChI=1S/C14H25NO3/c1-9-4-11(7-14(2,3)6-9)18-13(17)12-5-10(16)8-15-12/h9-12,15-16H,4-8H2,1-3H3/t9?,10?,11?,12-/m0/s1. The number of rotatable bonds is 2. The smallest absolute Gasteiger partial charge is 0.323 e. The van der Waals surface area contributed by atoms with Gasteiger partial charge in [0, 0.05) is 13.0 Å². The van der Waals surface area contributed by atoms with E-state index < -0.39 is 6.10 Å². The number of esters is 1. The Morgan fingerprint density at radius 1 is 1.33 bits per heavy atom. The van der Waals surface area contributed by atoms with Crippen molar-refractivity contribution in [1.29, 1.82) is 0 Å². The summed E-state index contributed by atoms with van der Waals surface area (Å²) in [5.74, 6) is 0.412. The molecule has 0 spiro atoms. The third-order valence-corrected chi connectivity index (χ3v) is 4.02. The Kier molecular flexibility index (Phi) is 3.97. The van der Waals surface area contributed by atoms with Gasteiger partial charge < -0.3 is 15.2 Å². The normalized spacial score (nSPS) is 39.6. The Morgan fingerprint density at radius 2 is 2.06 bits per heavy atom. The van der Waals surface area contributed by atoms with Gasteiger partial charge in [-0.1, -0.05) is 20.8 Å². The van der Waals surface area contributed by atoms with Gasteiger partial charge in [0.2, 0.25) is 0 Å². The lowest BCUT2D eigenvalue weighted by atomic mass is 9.71. The van der Waals surface area contributed by atoms with Gasteiger partial charge in [0.25, 0.3) is 0 Å². The molecule has 104 valence electrons. The van der Waals surface area contributed by atoms with Crippen LogP contribution in [0, 0.1) is 11.3 Å². The summed E-state index contributed by atoms with van der Waals surface area (Å²) >= 11 is 0. The van der Waals surface area contributed by atoms with Crippen LogP contribution in [-0.4, -0.2) is 35.9 Å². The first-order valence-electron chi connectivity index (χ1n) is 6.98. The number of nitrogens with one attached hydrogen (secondary N) is 1. The van der Waals surface area contributed by atoms with Gasteiger partial charge in [0.1, 0.15) is 12.1 Å². The van der Waals surface area contributed by atoms with Gasteiger partial charge >= 0.3 is 5.97 Å². The molecule has 0 radical (unpaired) electrons. The summed E-state index contributed by atoms with van der Waals surface area (Å²) in [5.41, 5.74) is 0.255. The molecule has 1 saturated carbocycles. The molecule has 2 fully saturated rings. The van der Waals surface area contributed by atoms with Gasteiger partial charge in [-0.2, -0.15) is 0 Å². The van der Waals surface area contributed by atoms with E-state index in [2.05, 4.69) is 26.1 Å². The second-order valence-electron chi connectivity index (χ2n) is 6.82. The lowest BCUT2D eigenvalue weighted by molar-refractivity contribution is -0.155. The molecule has 2 rings (SSSR count). The SMILES string of the molecule is CC1CC(OC(=O)[C@@H]2CC(O)CN2)CC(C)(C)C1. The van der Waals surface area contributed by atoms with Gasteiger partial charge in [-0.15, -0.1) is 0 Å². The Labute approximate surface area is 109 Å². The second-order valence-corrected chi connectivity index (χ2v) is 6.82. The second kappa shape index (κ2) is 5.17. The molecule has 18 heavy (non-hydrogen) atoms. The minimum atomic E-state index is -0.413. The highest BCUT2D eigenvalue weighted by Gasteiger charge is 2.36. The number of ether oxygens (including phenoxy) is 1. The number of aliphatic hydroxyl groups is 1. The monoisotopic (exact) mass is 255 g/mol. The molecule has 3 unspecified atom stereocenters. The highest BCUT2D eigenvalue weighted by molar-refractivity contribution is 5.76. The van der Waals surface area contributed by atoms with Gasteiger partial charge in [-0.05, 0) is 30.6 Å². The van der Waals surface area contributed by atoms with E-state index in [1.165, 1.54) is 6.42 Å². The van der Waals surface area contributed by atoms with Crippen molar-refractivity contribution in [3.8, 4) is 0 Å². The summed E-state index contributed by atoms with van der Waals surface area (Å²) in [5, 5.41) is 12.4. The predicted molar refractivity (Wildman–Crippen MR) is 69.1 cm³/mol. The van der Waals surface area contributed by atoms with E-state index in [4.69, 9.17) is 4.74 Å². The van der Waals surface area contributed by atoms with Crippen LogP contribution in [0.5, 0.6) is 0 Å². The first kappa shape index (κ1) is 13.8. The van der Waals surface area contributed by atoms with Crippen molar-refractivity contribution in [3.05, 3.63) is 0 Å². The van der Waals surface area contributed by atoms with E-state index in [9.17, 15) is 9.90 Å². The molecule has 4 nitrogen and oxygen atoms in total.